The van der Waals surface area contributed by atoms with Gasteiger partial charge in [-0.25, -0.2) is 18.4 Å². The molecule has 5 nitrogen and oxygen atoms in total. The molecule has 1 rings (SSSR count). The molecule has 0 fully saturated rings. The predicted octanol–water partition coefficient (Wildman–Crippen LogP) is 3.77. The molecule has 1 aromatic rings. The second-order valence-electron chi connectivity index (χ2n) is 4.84. The summed E-state index contributed by atoms with van der Waals surface area (Å²) in [4.78, 5) is 22.5. The molecule has 0 unspecified atom stereocenters. The maximum atomic E-state index is 13.7. The zero-order valence-electron chi connectivity index (χ0n) is 10.9. The Hall–Kier alpha value is -1.70. The Kier molecular flexibility index (Phi) is 4.69. The highest BCUT2D eigenvalue weighted by atomic mass is 79.9. The minimum Gasteiger partial charge on any atom is -0.478 e. The summed E-state index contributed by atoms with van der Waals surface area (Å²) in [6.07, 6.45) is -1.08. The van der Waals surface area contributed by atoms with Crippen LogP contribution in [0.2, 0.25) is 0 Å². The van der Waals surface area contributed by atoms with Crippen molar-refractivity contribution in [2.24, 2.45) is 0 Å². The molecule has 2 N–H and O–H groups in total. The molecule has 0 heterocycles. The fraction of sp³-hybridized carbons (Fsp3) is 0.333. The lowest BCUT2D eigenvalue weighted by molar-refractivity contribution is 0.0635. The second kappa shape index (κ2) is 5.74. The average molecular weight is 352 g/mol. The van der Waals surface area contributed by atoms with Gasteiger partial charge in [-0.3, -0.25) is 5.32 Å². The molecule has 0 aliphatic heterocycles. The van der Waals surface area contributed by atoms with Crippen LogP contribution in [0, 0.1) is 11.6 Å². The number of carbonyl (C=O) groups is 2. The van der Waals surface area contributed by atoms with Gasteiger partial charge in [-0.05, 0) is 42.8 Å². The molecular weight excluding hydrogens is 340 g/mol. The number of carbonyl (C=O) groups excluding carboxylic acids is 1. The normalized spacial score (nSPS) is 11.1. The smallest absolute Gasteiger partial charge is 0.412 e. The standard InChI is InChI=1S/C12H12BrF2NO4/c1-12(2,3)20-11(19)16-9-6(14)4-5(13)8(15)7(9)10(17)18/h4H,1-3H3,(H,16,19)(H,17,18). The monoisotopic (exact) mass is 351 g/mol. The summed E-state index contributed by atoms with van der Waals surface area (Å²) in [5.41, 5.74) is -2.63. The number of benzene rings is 1. The van der Waals surface area contributed by atoms with E-state index in [0.717, 1.165) is 0 Å². The molecule has 0 spiro atoms. The summed E-state index contributed by atoms with van der Waals surface area (Å²) in [5.74, 6) is -4.00. The van der Waals surface area contributed by atoms with E-state index in [9.17, 15) is 18.4 Å². The van der Waals surface area contributed by atoms with Crippen molar-refractivity contribution < 1.29 is 28.2 Å². The lowest BCUT2D eigenvalue weighted by atomic mass is 10.1. The fourth-order valence-electron chi connectivity index (χ4n) is 1.32. The van der Waals surface area contributed by atoms with Crippen LogP contribution in [-0.2, 0) is 4.74 Å². The number of hydrogen-bond donors (Lipinski definition) is 2. The molecule has 0 aliphatic carbocycles. The van der Waals surface area contributed by atoms with Gasteiger partial charge < -0.3 is 9.84 Å². The van der Waals surface area contributed by atoms with Gasteiger partial charge in [-0.2, -0.15) is 0 Å². The first-order chi connectivity index (χ1) is 9.03. The minimum atomic E-state index is -1.71. The van der Waals surface area contributed by atoms with Crippen LogP contribution in [0.25, 0.3) is 0 Å². The van der Waals surface area contributed by atoms with E-state index < -0.39 is 40.5 Å². The van der Waals surface area contributed by atoms with Gasteiger partial charge in [0.05, 0.1) is 10.2 Å². The number of ether oxygens (including phenoxy) is 1. The Morgan fingerprint density at radius 2 is 1.90 bits per heavy atom. The van der Waals surface area contributed by atoms with E-state index in [1.807, 2.05) is 5.32 Å². The van der Waals surface area contributed by atoms with Crippen molar-refractivity contribution >= 4 is 33.7 Å². The molecule has 0 bridgehead atoms. The first kappa shape index (κ1) is 16.4. The van der Waals surface area contributed by atoms with Gasteiger partial charge in [0.2, 0.25) is 0 Å². The highest BCUT2D eigenvalue weighted by Gasteiger charge is 2.26. The number of aromatic carboxylic acids is 1. The molecule has 1 amide bonds. The number of anilines is 1. The van der Waals surface area contributed by atoms with Crippen LogP contribution in [0.3, 0.4) is 0 Å². The highest BCUT2D eigenvalue weighted by molar-refractivity contribution is 9.10. The molecule has 0 saturated heterocycles. The number of hydrogen-bond acceptors (Lipinski definition) is 3. The summed E-state index contributed by atoms with van der Waals surface area (Å²) >= 11 is 2.69. The molecule has 1 aromatic carbocycles. The van der Waals surface area contributed by atoms with Crippen molar-refractivity contribution in [2.45, 2.75) is 26.4 Å². The van der Waals surface area contributed by atoms with Crippen LogP contribution in [-0.4, -0.2) is 22.8 Å². The second-order valence-corrected chi connectivity index (χ2v) is 5.69. The third kappa shape index (κ3) is 3.89. The maximum Gasteiger partial charge on any atom is 0.412 e. The topological polar surface area (TPSA) is 75.6 Å². The van der Waals surface area contributed by atoms with Gasteiger partial charge >= 0.3 is 12.1 Å². The average Bonchev–Trinajstić information content (AvgIpc) is 2.22. The molecule has 8 heteroatoms. The first-order valence-corrected chi connectivity index (χ1v) is 6.23. The van der Waals surface area contributed by atoms with E-state index in [1.54, 1.807) is 20.8 Å². The van der Waals surface area contributed by atoms with Gasteiger partial charge in [0.1, 0.15) is 17.0 Å². The molecule has 0 saturated carbocycles. The fourth-order valence-corrected chi connectivity index (χ4v) is 1.72. The van der Waals surface area contributed by atoms with Gasteiger partial charge in [-0.15, -0.1) is 0 Å². The Labute approximate surface area is 122 Å². The van der Waals surface area contributed by atoms with Gasteiger partial charge in [0.25, 0.3) is 0 Å². The van der Waals surface area contributed by atoms with E-state index >= 15 is 0 Å². The van der Waals surface area contributed by atoms with Gasteiger partial charge in [0.15, 0.2) is 5.82 Å². The van der Waals surface area contributed by atoms with Crippen LogP contribution < -0.4 is 5.32 Å². The van der Waals surface area contributed by atoms with E-state index in [4.69, 9.17) is 9.84 Å². The zero-order valence-corrected chi connectivity index (χ0v) is 12.5. The quantitative estimate of drug-likeness (QED) is 0.795. The summed E-state index contributed by atoms with van der Waals surface area (Å²) < 4.78 is 31.9. The lowest BCUT2D eigenvalue weighted by Crippen LogP contribution is -2.28. The van der Waals surface area contributed by atoms with E-state index in [1.165, 1.54) is 0 Å². The highest BCUT2D eigenvalue weighted by Crippen LogP contribution is 2.29. The van der Waals surface area contributed by atoms with Crippen molar-refractivity contribution in [1.82, 2.24) is 0 Å². The van der Waals surface area contributed by atoms with E-state index in [2.05, 4.69) is 15.9 Å². The third-order valence-corrected chi connectivity index (χ3v) is 2.59. The summed E-state index contributed by atoms with van der Waals surface area (Å²) in [5, 5.41) is 10.8. The molecule has 0 aliphatic rings. The largest absolute Gasteiger partial charge is 0.478 e. The summed E-state index contributed by atoms with van der Waals surface area (Å²) in [6.45, 7) is 4.72. The Balaban J connectivity index is 3.21. The van der Waals surface area contributed by atoms with Crippen molar-refractivity contribution in [2.75, 3.05) is 5.32 Å². The number of halogens is 3. The van der Waals surface area contributed by atoms with Crippen molar-refractivity contribution in [3.05, 3.63) is 27.7 Å². The zero-order chi connectivity index (χ0) is 15.7. The molecule has 20 heavy (non-hydrogen) atoms. The predicted molar refractivity (Wildman–Crippen MR) is 70.9 cm³/mol. The van der Waals surface area contributed by atoms with E-state index in [0.29, 0.717) is 6.07 Å². The number of amides is 1. The first-order valence-electron chi connectivity index (χ1n) is 5.43. The molecule has 110 valence electrons. The molecular formula is C12H12BrF2NO4. The Morgan fingerprint density at radius 3 is 2.35 bits per heavy atom. The number of nitrogens with one attached hydrogen (secondary N) is 1. The van der Waals surface area contributed by atoms with Crippen LogP contribution in [0.1, 0.15) is 31.1 Å². The number of carboxylic acid groups (broad SMARTS) is 1. The summed E-state index contributed by atoms with van der Waals surface area (Å²) in [6, 6.07) is 0.717. The van der Waals surface area contributed by atoms with Crippen LogP contribution in [0.15, 0.2) is 10.5 Å². The summed E-state index contributed by atoms with van der Waals surface area (Å²) in [7, 11) is 0. The van der Waals surface area contributed by atoms with Crippen molar-refractivity contribution in [3.63, 3.8) is 0 Å². The van der Waals surface area contributed by atoms with Crippen LogP contribution in [0.4, 0.5) is 19.3 Å². The molecule has 0 radical (unpaired) electrons. The SMILES string of the molecule is CC(C)(C)OC(=O)Nc1c(F)cc(Br)c(F)c1C(=O)O. The number of rotatable bonds is 2. The molecule has 0 atom stereocenters. The number of carboxylic acids is 1. The van der Waals surface area contributed by atoms with Gasteiger partial charge in [0, 0.05) is 0 Å². The molecule has 0 aromatic heterocycles. The Morgan fingerprint density at radius 1 is 1.35 bits per heavy atom. The Bertz CT molecular complexity index is 570. The van der Waals surface area contributed by atoms with Gasteiger partial charge in [-0.1, -0.05) is 0 Å². The minimum absolute atomic E-state index is 0.359. The van der Waals surface area contributed by atoms with Crippen molar-refractivity contribution in [3.8, 4) is 0 Å². The lowest BCUT2D eigenvalue weighted by Gasteiger charge is -2.20. The maximum absolute atomic E-state index is 13.7. The van der Waals surface area contributed by atoms with Crippen LogP contribution >= 0.6 is 15.9 Å². The van der Waals surface area contributed by atoms with Crippen LogP contribution in [0.5, 0.6) is 0 Å². The third-order valence-electron chi connectivity index (χ3n) is 2.01. The van der Waals surface area contributed by atoms with Crippen molar-refractivity contribution in [1.29, 1.82) is 0 Å². The van der Waals surface area contributed by atoms with E-state index in [-0.39, 0.29) is 4.47 Å².